The predicted molar refractivity (Wildman–Crippen MR) is 99.4 cm³/mol. The van der Waals surface area contributed by atoms with Crippen LogP contribution in [0.25, 0.3) is 12.2 Å². The van der Waals surface area contributed by atoms with Gasteiger partial charge in [-0.05, 0) is 48.2 Å². The SMILES string of the molecule is O=C(CCC1CCCC1)Nc1cccc(/C=C/c2ccccn2)c1. The van der Waals surface area contributed by atoms with E-state index in [1.807, 2.05) is 54.6 Å². The van der Waals surface area contributed by atoms with E-state index in [9.17, 15) is 4.79 Å². The van der Waals surface area contributed by atoms with Gasteiger partial charge in [-0.15, -0.1) is 0 Å². The van der Waals surface area contributed by atoms with Crippen LogP contribution in [0.3, 0.4) is 0 Å². The number of aromatic nitrogens is 1. The molecule has 0 saturated heterocycles. The second-order valence-corrected chi connectivity index (χ2v) is 6.45. The molecule has 2 aromatic rings. The molecular formula is C21H24N2O. The molecule has 1 saturated carbocycles. The van der Waals surface area contributed by atoms with E-state index >= 15 is 0 Å². The van der Waals surface area contributed by atoms with Gasteiger partial charge in [-0.3, -0.25) is 9.78 Å². The third-order valence-corrected chi connectivity index (χ3v) is 4.56. The van der Waals surface area contributed by atoms with E-state index < -0.39 is 0 Å². The molecule has 124 valence electrons. The van der Waals surface area contributed by atoms with Crippen LogP contribution in [0.2, 0.25) is 0 Å². The first kappa shape index (κ1) is 16.4. The van der Waals surface area contributed by atoms with Gasteiger partial charge >= 0.3 is 0 Å². The van der Waals surface area contributed by atoms with Gasteiger partial charge in [0.25, 0.3) is 0 Å². The molecule has 0 atom stereocenters. The zero-order chi connectivity index (χ0) is 16.6. The molecule has 1 aliphatic carbocycles. The standard InChI is InChI=1S/C21H24N2O/c24-21(14-12-17-6-1-2-7-17)23-20-10-5-8-18(16-20)11-13-19-9-3-4-15-22-19/h3-5,8-11,13,15-17H,1-2,6-7,12,14H2,(H,23,24)/b13-11+. The number of anilines is 1. The monoisotopic (exact) mass is 320 g/mol. The number of hydrogen-bond donors (Lipinski definition) is 1. The minimum atomic E-state index is 0.118. The Kier molecular flexibility index (Phi) is 5.78. The maximum absolute atomic E-state index is 12.1. The van der Waals surface area contributed by atoms with Crippen LogP contribution >= 0.6 is 0 Å². The summed E-state index contributed by atoms with van der Waals surface area (Å²) in [7, 11) is 0. The van der Waals surface area contributed by atoms with Crippen molar-refractivity contribution in [3.8, 4) is 0 Å². The number of nitrogens with one attached hydrogen (secondary N) is 1. The van der Waals surface area contributed by atoms with Crippen LogP contribution in [0.15, 0.2) is 48.7 Å². The fraction of sp³-hybridized carbons (Fsp3) is 0.333. The molecule has 1 fully saturated rings. The fourth-order valence-corrected chi connectivity index (χ4v) is 3.23. The van der Waals surface area contributed by atoms with Crippen LogP contribution in [0, 0.1) is 5.92 Å². The lowest BCUT2D eigenvalue weighted by Crippen LogP contribution is -2.12. The number of pyridine rings is 1. The van der Waals surface area contributed by atoms with E-state index in [0.29, 0.717) is 6.42 Å². The maximum Gasteiger partial charge on any atom is 0.224 e. The van der Waals surface area contributed by atoms with Crippen molar-refractivity contribution in [3.05, 3.63) is 59.9 Å². The summed E-state index contributed by atoms with van der Waals surface area (Å²) < 4.78 is 0. The summed E-state index contributed by atoms with van der Waals surface area (Å²) in [5, 5.41) is 3.02. The molecule has 1 N–H and O–H groups in total. The molecule has 3 rings (SSSR count). The highest BCUT2D eigenvalue weighted by Gasteiger charge is 2.16. The second kappa shape index (κ2) is 8.44. The molecule has 0 spiro atoms. The fourth-order valence-electron chi connectivity index (χ4n) is 3.23. The van der Waals surface area contributed by atoms with Crippen LogP contribution in [-0.2, 0) is 4.79 Å². The molecule has 3 heteroatoms. The zero-order valence-corrected chi connectivity index (χ0v) is 13.9. The van der Waals surface area contributed by atoms with Gasteiger partial charge in [-0.1, -0.05) is 50.0 Å². The van der Waals surface area contributed by atoms with Crippen LogP contribution in [0.1, 0.15) is 49.8 Å². The first-order chi connectivity index (χ1) is 11.8. The maximum atomic E-state index is 12.1. The van der Waals surface area contributed by atoms with E-state index in [-0.39, 0.29) is 5.91 Å². The highest BCUT2D eigenvalue weighted by atomic mass is 16.1. The molecule has 1 amide bonds. The quantitative estimate of drug-likeness (QED) is 0.798. The highest BCUT2D eigenvalue weighted by molar-refractivity contribution is 5.91. The first-order valence-corrected chi connectivity index (χ1v) is 8.78. The van der Waals surface area contributed by atoms with Gasteiger partial charge in [0.2, 0.25) is 5.91 Å². The molecule has 1 aromatic heterocycles. The number of nitrogens with zero attached hydrogens (tertiary/aromatic N) is 1. The molecule has 0 radical (unpaired) electrons. The lowest BCUT2D eigenvalue weighted by atomic mass is 10.0. The smallest absolute Gasteiger partial charge is 0.224 e. The Balaban J connectivity index is 1.54. The van der Waals surface area contributed by atoms with Crippen molar-refractivity contribution in [3.63, 3.8) is 0 Å². The van der Waals surface area contributed by atoms with Crippen molar-refractivity contribution >= 4 is 23.7 Å². The van der Waals surface area contributed by atoms with Gasteiger partial charge < -0.3 is 5.32 Å². The number of hydrogen-bond acceptors (Lipinski definition) is 2. The Morgan fingerprint density at radius 3 is 2.79 bits per heavy atom. The van der Waals surface area contributed by atoms with Crippen LogP contribution in [-0.4, -0.2) is 10.9 Å². The average Bonchev–Trinajstić information content (AvgIpc) is 3.13. The van der Waals surface area contributed by atoms with Gasteiger partial charge in [0.05, 0.1) is 5.69 Å². The summed E-state index contributed by atoms with van der Waals surface area (Å²) in [4.78, 5) is 16.4. The summed E-state index contributed by atoms with van der Waals surface area (Å²) in [5.41, 5.74) is 2.83. The molecule has 1 heterocycles. The van der Waals surface area contributed by atoms with Crippen molar-refractivity contribution in [1.29, 1.82) is 0 Å². The predicted octanol–water partition coefficient (Wildman–Crippen LogP) is 5.16. The highest BCUT2D eigenvalue weighted by Crippen LogP contribution is 2.28. The Morgan fingerprint density at radius 1 is 1.12 bits per heavy atom. The minimum absolute atomic E-state index is 0.118. The van der Waals surface area contributed by atoms with Crippen molar-refractivity contribution in [2.75, 3.05) is 5.32 Å². The zero-order valence-electron chi connectivity index (χ0n) is 13.9. The summed E-state index contributed by atoms with van der Waals surface area (Å²) in [6.45, 7) is 0. The normalized spacial score (nSPS) is 15.0. The molecular weight excluding hydrogens is 296 g/mol. The third kappa shape index (κ3) is 5.05. The summed E-state index contributed by atoms with van der Waals surface area (Å²) in [5.74, 6) is 0.871. The van der Waals surface area contributed by atoms with E-state index in [0.717, 1.165) is 29.3 Å². The number of benzene rings is 1. The van der Waals surface area contributed by atoms with Crippen molar-refractivity contribution in [2.24, 2.45) is 5.92 Å². The van der Waals surface area contributed by atoms with E-state index in [1.54, 1.807) is 6.20 Å². The summed E-state index contributed by atoms with van der Waals surface area (Å²) >= 11 is 0. The first-order valence-electron chi connectivity index (χ1n) is 8.78. The Labute approximate surface area is 143 Å². The Hall–Kier alpha value is -2.42. The number of amides is 1. The summed E-state index contributed by atoms with van der Waals surface area (Å²) in [6.07, 6.45) is 12.7. The van der Waals surface area contributed by atoms with Gasteiger partial charge in [-0.25, -0.2) is 0 Å². The molecule has 24 heavy (non-hydrogen) atoms. The molecule has 1 aliphatic rings. The van der Waals surface area contributed by atoms with Gasteiger partial charge in [0.15, 0.2) is 0 Å². The van der Waals surface area contributed by atoms with Crippen molar-refractivity contribution in [2.45, 2.75) is 38.5 Å². The lowest BCUT2D eigenvalue weighted by Gasteiger charge is -2.09. The molecule has 1 aromatic carbocycles. The molecule has 0 bridgehead atoms. The average molecular weight is 320 g/mol. The van der Waals surface area contributed by atoms with Crippen LogP contribution in [0.5, 0.6) is 0 Å². The molecule has 0 unspecified atom stereocenters. The Bertz CT molecular complexity index is 688. The van der Waals surface area contributed by atoms with Crippen molar-refractivity contribution < 1.29 is 4.79 Å². The second-order valence-electron chi connectivity index (χ2n) is 6.45. The van der Waals surface area contributed by atoms with Gasteiger partial charge in [0, 0.05) is 18.3 Å². The van der Waals surface area contributed by atoms with Gasteiger partial charge in [-0.2, -0.15) is 0 Å². The van der Waals surface area contributed by atoms with Crippen molar-refractivity contribution in [1.82, 2.24) is 4.98 Å². The van der Waals surface area contributed by atoms with Crippen LogP contribution in [0.4, 0.5) is 5.69 Å². The Morgan fingerprint density at radius 2 is 2.00 bits per heavy atom. The number of rotatable bonds is 6. The van der Waals surface area contributed by atoms with E-state index in [2.05, 4.69) is 10.3 Å². The lowest BCUT2D eigenvalue weighted by molar-refractivity contribution is -0.116. The molecule has 3 nitrogen and oxygen atoms in total. The largest absolute Gasteiger partial charge is 0.326 e. The molecule has 0 aliphatic heterocycles. The van der Waals surface area contributed by atoms with E-state index in [4.69, 9.17) is 0 Å². The topological polar surface area (TPSA) is 42.0 Å². The minimum Gasteiger partial charge on any atom is -0.326 e. The number of carbonyl (C=O) groups excluding carboxylic acids is 1. The third-order valence-electron chi connectivity index (χ3n) is 4.56. The van der Waals surface area contributed by atoms with Crippen LogP contribution < -0.4 is 5.32 Å². The number of carbonyl (C=O) groups is 1. The van der Waals surface area contributed by atoms with E-state index in [1.165, 1.54) is 25.7 Å². The van der Waals surface area contributed by atoms with Gasteiger partial charge in [0.1, 0.15) is 0 Å². The summed E-state index contributed by atoms with van der Waals surface area (Å²) in [6, 6.07) is 13.7.